The van der Waals surface area contributed by atoms with Crippen molar-refractivity contribution in [3.8, 4) is 0 Å². The summed E-state index contributed by atoms with van der Waals surface area (Å²) in [6.07, 6.45) is 2.18. The van der Waals surface area contributed by atoms with Crippen LogP contribution in [0.5, 0.6) is 0 Å². The maximum Gasteiger partial charge on any atom is 0.257 e. The number of amidine groups is 1. The Labute approximate surface area is 99.2 Å². The average molecular weight is 261 g/mol. The number of aromatic nitrogens is 2. The van der Waals surface area contributed by atoms with Crippen LogP contribution in [0, 0.1) is 0 Å². The van der Waals surface area contributed by atoms with Gasteiger partial charge in [-0.3, -0.25) is 4.68 Å². The summed E-state index contributed by atoms with van der Waals surface area (Å²) in [5.74, 6) is 0.0738. The number of rotatable bonds is 6. The molecule has 0 bridgehead atoms. The van der Waals surface area contributed by atoms with Crippen molar-refractivity contribution in [2.75, 3.05) is 6.54 Å². The summed E-state index contributed by atoms with van der Waals surface area (Å²) in [7, 11) is -2.00. The summed E-state index contributed by atoms with van der Waals surface area (Å²) < 4.78 is 27.2. The van der Waals surface area contributed by atoms with Crippen LogP contribution in [0.15, 0.2) is 22.4 Å². The SMILES string of the molecule is Cn1nccc1S(=O)(=O)NCCC/C(N)=N/O. The van der Waals surface area contributed by atoms with Crippen LogP contribution in [-0.4, -0.2) is 35.8 Å². The van der Waals surface area contributed by atoms with Gasteiger partial charge in [0.15, 0.2) is 5.03 Å². The lowest BCUT2D eigenvalue weighted by atomic mass is 10.3. The van der Waals surface area contributed by atoms with Gasteiger partial charge in [-0.2, -0.15) is 5.10 Å². The van der Waals surface area contributed by atoms with Gasteiger partial charge in [0.25, 0.3) is 10.0 Å². The molecule has 17 heavy (non-hydrogen) atoms. The molecular formula is C8H15N5O3S. The van der Waals surface area contributed by atoms with E-state index in [4.69, 9.17) is 10.9 Å². The molecule has 1 aromatic heterocycles. The lowest BCUT2D eigenvalue weighted by molar-refractivity contribution is 0.316. The third kappa shape index (κ3) is 3.71. The quantitative estimate of drug-likeness (QED) is 0.204. The zero-order valence-electron chi connectivity index (χ0n) is 9.37. The predicted molar refractivity (Wildman–Crippen MR) is 61.0 cm³/mol. The Balaban J connectivity index is 2.50. The first-order chi connectivity index (χ1) is 7.97. The normalized spacial score (nSPS) is 12.9. The highest BCUT2D eigenvalue weighted by Crippen LogP contribution is 2.05. The van der Waals surface area contributed by atoms with Crippen LogP contribution in [0.1, 0.15) is 12.8 Å². The number of hydrogen-bond acceptors (Lipinski definition) is 5. The lowest BCUT2D eigenvalue weighted by Crippen LogP contribution is -2.27. The molecule has 0 radical (unpaired) electrons. The number of hydrogen-bond donors (Lipinski definition) is 3. The van der Waals surface area contributed by atoms with Gasteiger partial charge in [0, 0.05) is 20.0 Å². The van der Waals surface area contributed by atoms with Crippen molar-refractivity contribution in [2.24, 2.45) is 17.9 Å². The van der Waals surface area contributed by atoms with Gasteiger partial charge in [0.2, 0.25) is 0 Å². The van der Waals surface area contributed by atoms with E-state index in [-0.39, 0.29) is 17.4 Å². The first-order valence-corrected chi connectivity index (χ1v) is 6.40. The first kappa shape index (κ1) is 13.5. The van der Waals surface area contributed by atoms with Crippen LogP contribution in [0.25, 0.3) is 0 Å². The number of nitrogens with two attached hydrogens (primary N) is 1. The van der Waals surface area contributed by atoms with E-state index in [1.165, 1.54) is 16.9 Å². The van der Waals surface area contributed by atoms with E-state index in [0.717, 1.165) is 0 Å². The van der Waals surface area contributed by atoms with Gasteiger partial charge in [0.05, 0.1) is 6.20 Å². The molecule has 0 unspecified atom stereocenters. The highest BCUT2D eigenvalue weighted by atomic mass is 32.2. The molecular weight excluding hydrogens is 246 g/mol. The second-order valence-corrected chi connectivity index (χ2v) is 5.10. The molecule has 4 N–H and O–H groups in total. The highest BCUT2D eigenvalue weighted by Gasteiger charge is 2.16. The van der Waals surface area contributed by atoms with Crippen molar-refractivity contribution in [2.45, 2.75) is 17.9 Å². The van der Waals surface area contributed by atoms with E-state index in [1.807, 2.05) is 0 Å². The van der Waals surface area contributed by atoms with E-state index in [0.29, 0.717) is 12.8 Å². The molecule has 9 heteroatoms. The molecule has 0 aliphatic heterocycles. The third-order valence-corrected chi connectivity index (χ3v) is 3.62. The maximum absolute atomic E-state index is 11.7. The van der Waals surface area contributed by atoms with Crippen molar-refractivity contribution in [1.29, 1.82) is 0 Å². The van der Waals surface area contributed by atoms with Gasteiger partial charge in [-0.25, -0.2) is 13.1 Å². The van der Waals surface area contributed by atoms with Crippen LogP contribution in [-0.2, 0) is 17.1 Å². The van der Waals surface area contributed by atoms with Crippen molar-refractivity contribution in [3.05, 3.63) is 12.3 Å². The Bertz CT molecular complexity index is 493. The van der Waals surface area contributed by atoms with E-state index >= 15 is 0 Å². The van der Waals surface area contributed by atoms with Crippen LogP contribution in [0.4, 0.5) is 0 Å². The second-order valence-electron chi connectivity index (χ2n) is 3.39. The largest absolute Gasteiger partial charge is 0.409 e. The van der Waals surface area contributed by atoms with Gasteiger partial charge in [-0.05, 0) is 12.5 Å². The molecule has 0 spiro atoms. The highest BCUT2D eigenvalue weighted by molar-refractivity contribution is 7.89. The Kier molecular flexibility index (Phi) is 4.46. The first-order valence-electron chi connectivity index (χ1n) is 4.91. The maximum atomic E-state index is 11.7. The molecule has 0 saturated carbocycles. The second kappa shape index (κ2) is 5.64. The third-order valence-electron chi connectivity index (χ3n) is 2.08. The lowest BCUT2D eigenvalue weighted by Gasteiger charge is -2.06. The predicted octanol–water partition coefficient (Wildman–Crippen LogP) is -0.775. The van der Waals surface area contributed by atoms with Gasteiger partial charge < -0.3 is 10.9 Å². The van der Waals surface area contributed by atoms with Crippen molar-refractivity contribution in [3.63, 3.8) is 0 Å². The Morgan fingerprint density at radius 1 is 1.71 bits per heavy atom. The summed E-state index contributed by atoms with van der Waals surface area (Å²) in [6, 6.07) is 1.41. The van der Waals surface area contributed by atoms with Gasteiger partial charge in [-0.15, -0.1) is 0 Å². The van der Waals surface area contributed by atoms with Gasteiger partial charge >= 0.3 is 0 Å². The number of nitrogens with zero attached hydrogens (tertiary/aromatic N) is 3. The van der Waals surface area contributed by atoms with Gasteiger partial charge in [-0.1, -0.05) is 5.16 Å². The molecule has 96 valence electrons. The number of aryl methyl sites for hydroxylation is 1. The molecule has 0 fully saturated rings. The molecule has 0 aliphatic rings. The number of oxime groups is 1. The molecule has 1 aromatic rings. The fourth-order valence-corrected chi connectivity index (χ4v) is 2.42. The van der Waals surface area contributed by atoms with E-state index < -0.39 is 10.0 Å². The average Bonchev–Trinajstić information content (AvgIpc) is 2.71. The van der Waals surface area contributed by atoms with Crippen molar-refractivity contribution < 1.29 is 13.6 Å². The minimum absolute atomic E-state index is 0.0738. The molecule has 0 amide bonds. The summed E-state index contributed by atoms with van der Waals surface area (Å²) in [5, 5.41) is 15.0. The molecule has 1 heterocycles. The van der Waals surface area contributed by atoms with E-state index in [2.05, 4.69) is 15.0 Å². The molecule has 0 atom stereocenters. The Morgan fingerprint density at radius 3 is 2.94 bits per heavy atom. The minimum Gasteiger partial charge on any atom is -0.409 e. The number of nitrogens with one attached hydrogen (secondary N) is 1. The van der Waals surface area contributed by atoms with Crippen molar-refractivity contribution >= 4 is 15.9 Å². The fraction of sp³-hybridized carbons (Fsp3) is 0.500. The molecule has 8 nitrogen and oxygen atoms in total. The Morgan fingerprint density at radius 2 is 2.41 bits per heavy atom. The molecule has 0 aliphatic carbocycles. The van der Waals surface area contributed by atoms with Crippen LogP contribution in [0.2, 0.25) is 0 Å². The van der Waals surface area contributed by atoms with Crippen LogP contribution < -0.4 is 10.5 Å². The van der Waals surface area contributed by atoms with Crippen LogP contribution in [0.3, 0.4) is 0 Å². The minimum atomic E-state index is -3.55. The summed E-state index contributed by atoms with van der Waals surface area (Å²) in [4.78, 5) is 0. The monoisotopic (exact) mass is 261 g/mol. The van der Waals surface area contributed by atoms with Crippen molar-refractivity contribution in [1.82, 2.24) is 14.5 Å². The fourth-order valence-electron chi connectivity index (χ4n) is 1.23. The standard InChI is InChI=1S/C8H15N5O3S/c1-13-8(4-6-10-13)17(15,16)11-5-2-3-7(9)12-14/h4,6,11,14H,2-3,5H2,1H3,(H2,9,12). The zero-order valence-corrected chi connectivity index (χ0v) is 10.2. The van der Waals surface area contributed by atoms with Gasteiger partial charge in [0.1, 0.15) is 5.84 Å². The smallest absolute Gasteiger partial charge is 0.257 e. The summed E-state index contributed by atoms with van der Waals surface area (Å²) >= 11 is 0. The topological polar surface area (TPSA) is 123 Å². The Hall–Kier alpha value is -1.61. The van der Waals surface area contributed by atoms with E-state index in [9.17, 15) is 8.42 Å². The molecule has 0 saturated heterocycles. The summed E-state index contributed by atoms with van der Waals surface area (Å²) in [6.45, 7) is 0.212. The zero-order chi connectivity index (χ0) is 12.9. The number of sulfonamides is 1. The van der Waals surface area contributed by atoms with Crippen LogP contribution >= 0.6 is 0 Å². The summed E-state index contributed by atoms with van der Waals surface area (Å²) in [5.41, 5.74) is 5.25. The van der Waals surface area contributed by atoms with E-state index in [1.54, 1.807) is 7.05 Å². The molecule has 1 rings (SSSR count). The molecule has 0 aromatic carbocycles.